The third-order valence-corrected chi connectivity index (χ3v) is 4.78. The van der Waals surface area contributed by atoms with Gasteiger partial charge in [-0.05, 0) is 56.3 Å². The zero-order chi connectivity index (χ0) is 19.2. The van der Waals surface area contributed by atoms with E-state index in [2.05, 4.69) is 15.5 Å². The fraction of sp³-hybridized carbons (Fsp3) is 0.333. The molecule has 6 heteroatoms. The number of rotatable bonds is 5. The number of amides is 2. The van der Waals surface area contributed by atoms with Crippen LogP contribution < -0.4 is 10.6 Å². The minimum absolute atomic E-state index is 0.00724. The number of piperidine rings is 1. The van der Waals surface area contributed by atoms with Gasteiger partial charge in [-0.25, -0.2) is 4.39 Å². The molecule has 1 saturated heterocycles. The fourth-order valence-corrected chi connectivity index (χ4v) is 3.31. The number of hydrogen-bond donors (Lipinski definition) is 2. The van der Waals surface area contributed by atoms with E-state index in [1.54, 1.807) is 36.4 Å². The highest BCUT2D eigenvalue weighted by Gasteiger charge is 2.25. The molecule has 1 fully saturated rings. The van der Waals surface area contributed by atoms with Crippen LogP contribution in [-0.2, 0) is 16.1 Å². The van der Waals surface area contributed by atoms with E-state index >= 15 is 0 Å². The Morgan fingerprint density at radius 2 is 1.59 bits per heavy atom. The molecule has 0 unspecified atom stereocenters. The molecule has 0 radical (unpaired) electrons. The summed E-state index contributed by atoms with van der Waals surface area (Å²) in [6.07, 6.45) is 1.51. The average molecular weight is 369 g/mol. The molecule has 2 amide bonds. The van der Waals surface area contributed by atoms with Gasteiger partial charge >= 0.3 is 0 Å². The maximum Gasteiger partial charge on any atom is 0.227 e. The summed E-state index contributed by atoms with van der Waals surface area (Å²) < 4.78 is 13.8. The normalized spacial score (nSPS) is 15.3. The van der Waals surface area contributed by atoms with Crippen molar-refractivity contribution in [1.29, 1.82) is 0 Å². The summed E-state index contributed by atoms with van der Waals surface area (Å²) in [5.41, 5.74) is 2.10. The van der Waals surface area contributed by atoms with E-state index in [-0.39, 0.29) is 23.5 Å². The van der Waals surface area contributed by atoms with Crippen LogP contribution in [0.3, 0.4) is 0 Å². The van der Waals surface area contributed by atoms with Gasteiger partial charge in [0.05, 0.1) is 0 Å². The van der Waals surface area contributed by atoms with Gasteiger partial charge in [0.1, 0.15) is 5.82 Å². The maximum absolute atomic E-state index is 13.8. The van der Waals surface area contributed by atoms with Crippen LogP contribution in [0.1, 0.15) is 25.3 Å². The largest absolute Gasteiger partial charge is 0.326 e. The number of nitrogens with one attached hydrogen (secondary N) is 2. The lowest BCUT2D eigenvalue weighted by Crippen LogP contribution is -2.37. The van der Waals surface area contributed by atoms with Gasteiger partial charge in [0.15, 0.2) is 0 Å². The highest BCUT2D eigenvalue weighted by Crippen LogP contribution is 2.22. The van der Waals surface area contributed by atoms with Gasteiger partial charge in [0.2, 0.25) is 11.8 Å². The number of halogens is 1. The number of likely N-dealkylation sites (tertiary alicyclic amines) is 1. The third kappa shape index (κ3) is 5.37. The Morgan fingerprint density at radius 3 is 2.19 bits per heavy atom. The molecule has 0 aliphatic carbocycles. The summed E-state index contributed by atoms with van der Waals surface area (Å²) in [6, 6.07) is 13.9. The summed E-state index contributed by atoms with van der Waals surface area (Å²) in [5.74, 6) is -0.348. The SMILES string of the molecule is CC(=O)Nc1ccc(NC(=O)C2CCN(Cc3ccccc3F)CC2)cc1. The molecule has 1 heterocycles. The fourth-order valence-electron chi connectivity index (χ4n) is 3.31. The standard InChI is InChI=1S/C21H24FN3O2/c1-15(26)23-18-6-8-19(9-7-18)24-21(27)16-10-12-25(13-11-16)14-17-4-2-3-5-20(17)22/h2-9,16H,10-14H2,1H3,(H,23,26)(H,24,27). The predicted octanol–water partition coefficient (Wildman–Crippen LogP) is 3.63. The Balaban J connectivity index is 1.48. The van der Waals surface area contributed by atoms with Gasteiger partial charge in [0.25, 0.3) is 0 Å². The number of anilines is 2. The number of hydrogen-bond acceptors (Lipinski definition) is 3. The molecule has 0 aromatic heterocycles. The van der Waals surface area contributed by atoms with Crippen molar-refractivity contribution in [2.75, 3.05) is 23.7 Å². The number of nitrogens with zero attached hydrogens (tertiary/aromatic N) is 1. The Bertz CT molecular complexity index is 799. The molecule has 0 spiro atoms. The van der Waals surface area contributed by atoms with Crippen LogP contribution in [0.2, 0.25) is 0 Å². The molecule has 2 aromatic carbocycles. The maximum atomic E-state index is 13.8. The molecule has 3 rings (SSSR count). The first-order chi connectivity index (χ1) is 13.0. The molecular weight excluding hydrogens is 345 g/mol. The molecule has 2 N–H and O–H groups in total. The lowest BCUT2D eigenvalue weighted by atomic mass is 9.95. The summed E-state index contributed by atoms with van der Waals surface area (Å²) in [5, 5.41) is 5.63. The molecular formula is C21H24FN3O2. The first-order valence-electron chi connectivity index (χ1n) is 9.15. The first kappa shape index (κ1) is 19.0. The molecule has 0 bridgehead atoms. The smallest absolute Gasteiger partial charge is 0.227 e. The van der Waals surface area contributed by atoms with E-state index < -0.39 is 0 Å². The zero-order valence-electron chi connectivity index (χ0n) is 15.4. The average Bonchev–Trinajstić information content (AvgIpc) is 2.65. The number of carbonyl (C=O) groups excluding carboxylic acids is 2. The Morgan fingerprint density at radius 1 is 1.00 bits per heavy atom. The van der Waals surface area contributed by atoms with Crippen molar-refractivity contribution >= 4 is 23.2 Å². The van der Waals surface area contributed by atoms with E-state index in [1.807, 2.05) is 6.07 Å². The summed E-state index contributed by atoms with van der Waals surface area (Å²) in [7, 11) is 0. The lowest BCUT2D eigenvalue weighted by Gasteiger charge is -2.31. The van der Waals surface area contributed by atoms with Crippen molar-refractivity contribution < 1.29 is 14.0 Å². The predicted molar refractivity (Wildman–Crippen MR) is 104 cm³/mol. The minimum atomic E-state index is -0.180. The highest BCUT2D eigenvalue weighted by molar-refractivity contribution is 5.93. The van der Waals surface area contributed by atoms with E-state index in [4.69, 9.17) is 0 Å². The third-order valence-electron chi connectivity index (χ3n) is 4.78. The van der Waals surface area contributed by atoms with Crippen molar-refractivity contribution in [1.82, 2.24) is 4.90 Å². The molecule has 0 saturated carbocycles. The summed E-state index contributed by atoms with van der Waals surface area (Å²) in [6.45, 7) is 3.57. The van der Waals surface area contributed by atoms with Crippen molar-refractivity contribution in [3.8, 4) is 0 Å². The van der Waals surface area contributed by atoms with E-state index in [1.165, 1.54) is 13.0 Å². The van der Waals surface area contributed by atoms with Gasteiger partial charge < -0.3 is 10.6 Å². The topological polar surface area (TPSA) is 61.4 Å². The van der Waals surface area contributed by atoms with Gasteiger partial charge in [-0.3, -0.25) is 14.5 Å². The Kier molecular flexibility index (Phi) is 6.19. The van der Waals surface area contributed by atoms with Crippen LogP contribution in [0.4, 0.5) is 15.8 Å². The molecule has 142 valence electrons. The van der Waals surface area contributed by atoms with Crippen LogP contribution >= 0.6 is 0 Å². The summed E-state index contributed by atoms with van der Waals surface area (Å²) in [4.78, 5) is 25.7. The molecule has 27 heavy (non-hydrogen) atoms. The van der Waals surface area contributed by atoms with Crippen molar-refractivity contribution in [3.05, 3.63) is 59.9 Å². The van der Waals surface area contributed by atoms with Crippen LogP contribution in [0.25, 0.3) is 0 Å². The lowest BCUT2D eigenvalue weighted by molar-refractivity contribution is -0.121. The summed E-state index contributed by atoms with van der Waals surface area (Å²) >= 11 is 0. The van der Waals surface area contributed by atoms with Crippen LogP contribution in [0, 0.1) is 11.7 Å². The van der Waals surface area contributed by atoms with E-state index in [9.17, 15) is 14.0 Å². The van der Waals surface area contributed by atoms with Crippen molar-refractivity contribution in [2.45, 2.75) is 26.3 Å². The van der Waals surface area contributed by atoms with Gasteiger partial charge in [0, 0.05) is 36.3 Å². The van der Waals surface area contributed by atoms with Crippen LogP contribution in [0.15, 0.2) is 48.5 Å². The van der Waals surface area contributed by atoms with Crippen molar-refractivity contribution in [2.24, 2.45) is 5.92 Å². The Hall–Kier alpha value is -2.73. The molecule has 0 atom stereocenters. The minimum Gasteiger partial charge on any atom is -0.326 e. The Labute approximate surface area is 158 Å². The van der Waals surface area contributed by atoms with Crippen molar-refractivity contribution in [3.63, 3.8) is 0 Å². The second-order valence-electron chi connectivity index (χ2n) is 6.89. The monoisotopic (exact) mass is 369 g/mol. The van der Waals surface area contributed by atoms with E-state index in [0.717, 1.165) is 25.9 Å². The van der Waals surface area contributed by atoms with Crippen LogP contribution in [-0.4, -0.2) is 29.8 Å². The first-order valence-corrected chi connectivity index (χ1v) is 9.15. The van der Waals surface area contributed by atoms with Gasteiger partial charge in [-0.1, -0.05) is 18.2 Å². The van der Waals surface area contributed by atoms with Gasteiger partial charge in [-0.2, -0.15) is 0 Å². The second-order valence-corrected chi connectivity index (χ2v) is 6.89. The quantitative estimate of drug-likeness (QED) is 0.846. The molecule has 1 aliphatic rings. The molecule has 1 aliphatic heterocycles. The zero-order valence-corrected chi connectivity index (χ0v) is 15.4. The number of carbonyl (C=O) groups is 2. The van der Waals surface area contributed by atoms with Crippen LogP contribution in [0.5, 0.6) is 0 Å². The number of benzene rings is 2. The molecule has 2 aromatic rings. The molecule has 5 nitrogen and oxygen atoms in total. The van der Waals surface area contributed by atoms with E-state index in [0.29, 0.717) is 23.5 Å². The van der Waals surface area contributed by atoms with Gasteiger partial charge in [-0.15, -0.1) is 0 Å². The second kappa shape index (κ2) is 8.77. The highest BCUT2D eigenvalue weighted by atomic mass is 19.1.